The molecule has 0 bridgehead atoms. The molecule has 3 heteroatoms. The smallest absolute Gasteiger partial charge is 0.493 e. The molecule has 78 heavy (non-hydrogen) atoms. The van der Waals surface area contributed by atoms with Gasteiger partial charge in [0.1, 0.15) is 0 Å². The summed E-state index contributed by atoms with van der Waals surface area (Å²) >= 11 is 0. The van der Waals surface area contributed by atoms with Gasteiger partial charge in [-0.1, -0.05) is 341 Å². The Morgan fingerprint density at radius 3 is 0.897 bits per heavy atom. The number of allylic oxidation sites excluding steroid dienone is 2. The Hall–Kier alpha value is -1.99. The molecule has 1 aliphatic heterocycles. The van der Waals surface area contributed by atoms with Gasteiger partial charge in [0.05, 0.1) is 0 Å². The van der Waals surface area contributed by atoms with Crippen LogP contribution in [0.3, 0.4) is 0 Å². The summed E-state index contributed by atoms with van der Waals surface area (Å²) < 4.78 is 1.44. The molecule has 3 rings (SSSR count). The molecule has 0 radical (unpaired) electrons. The Kier molecular flexibility index (Phi) is 58.1. The first-order valence-corrected chi connectivity index (χ1v) is 34.7. The maximum absolute atomic E-state index is 11.3. The van der Waals surface area contributed by atoms with Gasteiger partial charge < -0.3 is 19.4 Å². The Morgan fingerprint density at radius 1 is 0.321 bits per heavy atom. The molecule has 0 fully saturated rings. The normalized spacial score (nSPS) is 12.1. The molecule has 0 atom stereocenters. The Labute approximate surface area is 500 Å². The third-order valence-corrected chi connectivity index (χ3v) is 16.4. The van der Waals surface area contributed by atoms with Crippen molar-refractivity contribution in [3.8, 4) is 0 Å². The second kappa shape index (κ2) is 59.6. The van der Waals surface area contributed by atoms with Crippen molar-refractivity contribution in [3.05, 3.63) is 102 Å². The average Bonchev–Trinajstić information content (AvgIpc) is 3.84. The van der Waals surface area contributed by atoms with Crippen molar-refractivity contribution in [3.63, 3.8) is 0 Å². The molecule has 0 aliphatic carbocycles. The predicted molar refractivity (Wildman–Crippen MR) is 349 cm³/mol. The zero-order valence-electron chi connectivity index (χ0n) is 53.1. The van der Waals surface area contributed by atoms with Gasteiger partial charge in [-0.3, -0.25) is 0 Å². The second-order valence-electron chi connectivity index (χ2n) is 23.9. The van der Waals surface area contributed by atoms with Crippen LogP contribution in [0, 0.1) is 13.8 Å². The molecule has 2 nitrogen and oxygen atoms in total. The number of rotatable bonds is 52. The number of unbranched alkanes of at least 4 members (excludes halogenated alkanes) is 44. The minimum absolute atomic E-state index is 0. The minimum Gasteiger partial charge on any atom is -0.493 e. The van der Waals surface area contributed by atoms with E-state index in [1.54, 1.807) is 0 Å². The average molecular weight is 1120 g/mol. The third-order valence-electron chi connectivity index (χ3n) is 16.4. The van der Waals surface area contributed by atoms with Crippen LogP contribution in [0.25, 0.3) is 16.9 Å². The van der Waals surface area contributed by atoms with Gasteiger partial charge >= 0.3 is 16.5 Å². The summed E-state index contributed by atoms with van der Waals surface area (Å²) in [5.74, 6) is 0. The molecule has 0 saturated heterocycles. The summed E-state index contributed by atoms with van der Waals surface area (Å²) in [5.41, 5.74) is 19.3. The Morgan fingerprint density at radius 2 is 0.590 bits per heavy atom. The quantitative estimate of drug-likeness (QED) is 0.0273. The molecular formula is C75H132N2Ni. The number of hydrogen-bond donors (Lipinski definition) is 0. The molecule has 0 saturated carbocycles. The zero-order chi connectivity index (χ0) is 55.8. The predicted octanol–water partition coefficient (Wildman–Crippen LogP) is 26.8. The number of nitrogens with zero attached hydrogens (tertiary/aromatic N) is 2. The standard InChI is InChI=1S/C29H38N2.2C23H47.Ni/c1-4-7-10-17-27-22-28(25-18-11-15-23(20-25)13-8-5-2)31(30)29(27)26-19-12-16-24(21-26)14-9-6-3;2*1-3-5-7-9-11-13-15-17-19-21-23-22-20-18-16-14-12-10-8-6-4-2;/h11-12,15-16,18-22H,4-10,13-14,17H2,1-3H3;2*1,3-23H2,2H3;/q;2*-1;+2. The van der Waals surface area contributed by atoms with Crippen molar-refractivity contribution in [2.45, 2.75) is 369 Å². The van der Waals surface area contributed by atoms with Crippen LogP contribution in [0.1, 0.15) is 378 Å². The van der Waals surface area contributed by atoms with Crippen molar-refractivity contribution in [2.24, 2.45) is 0 Å². The van der Waals surface area contributed by atoms with Crippen molar-refractivity contribution in [1.29, 1.82) is 0 Å². The van der Waals surface area contributed by atoms with Gasteiger partial charge in [-0.15, -0.1) is 0 Å². The van der Waals surface area contributed by atoms with E-state index < -0.39 is 0 Å². The Bertz CT molecular complexity index is 1550. The molecule has 0 unspecified atom stereocenters. The van der Waals surface area contributed by atoms with Crippen LogP contribution in [0.2, 0.25) is 0 Å². The molecule has 0 N–H and O–H groups in total. The van der Waals surface area contributed by atoms with Crippen molar-refractivity contribution in [1.82, 2.24) is 0 Å². The van der Waals surface area contributed by atoms with E-state index in [2.05, 4.69) is 103 Å². The molecular weight excluding hydrogens is 988 g/mol. The van der Waals surface area contributed by atoms with Crippen LogP contribution in [-0.2, 0) is 29.3 Å². The van der Waals surface area contributed by atoms with E-state index in [-0.39, 0.29) is 16.5 Å². The summed E-state index contributed by atoms with van der Waals surface area (Å²) in [6, 6.07) is 17.4. The summed E-state index contributed by atoms with van der Waals surface area (Å²) in [6.45, 7) is 19.1. The van der Waals surface area contributed by atoms with Gasteiger partial charge in [0, 0.05) is 22.8 Å². The van der Waals surface area contributed by atoms with Crippen LogP contribution in [0.4, 0.5) is 0 Å². The van der Waals surface area contributed by atoms with E-state index in [9.17, 15) is 5.53 Å². The molecule has 452 valence electrons. The van der Waals surface area contributed by atoms with Gasteiger partial charge in [0.25, 0.3) is 0 Å². The van der Waals surface area contributed by atoms with Crippen LogP contribution < -0.4 is 0 Å². The second-order valence-corrected chi connectivity index (χ2v) is 23.9. The van der Waals surface area contributed by atoms with Crippen molar-refractivity contribution >= 4 is 11.4 Å². The van der Waals surface area contributed by atoms with Crippen LogP contribution in [0.15, 0.2) is 60.2 Å². The fourth-order valence-corrected chi connectivity index (χ4v) is 11.2. The first-order chi connectivity index (χ1) is 38.0. The minimum atomic E-state index is 0. The maximum atomic E-state index is 11.3. The molecule has 1 heterocycles. The largest absolute Gasteiger partial charge is 2.00 e. The van der Waals surface area contributed by atoms with Gasteiger partial charge in [0.15, 0.2) is 0 Å². The Balaban J connectivity index is 0.00000116. The molecule has 0 amide bonds. The fourth-order valence-electron chi connectivity index (χ4n) is 11.2. The summed E-state index contributed by atoms with van der Waals surface area (Å²) in [5, 5.41) is 0. The van der Waals surface area contributed by atoms with E-state index in [1.165, 1.54) is 317 Å². The number of benzene rings is 2. The monoisotopic (exact) mass is 1120 g/mol. The molecule has 0 aromatic heterocycles. The molecule has 1 aliphatic rings. The molecule has 2 aromatic carbocycles. The van der Waals surface area contributed by atoms with E-state index >= 15 is 0 Å². The number of aryl methyl sites for hydroxylation is 2. The summed E-state index contributed by atoms with van der Waals surface area (Å²) in [7, 11) is 0. The van der Waals surface area contributed by atoms with Crippen molar-refractivity contribution in [2.75, 3.05) is 0 Å². The van der Waals surface area contributed by atoms with E-state index in [4.69, 9.17) is 0 Å². The van der Waals surface area contributed by atoms with Gasteiger partial charge in [0.2, 0.25) is 11.4 Å². The first-order valence-electron chi connectivity index (χ1n) is 34.7. The van der Waals surface area contributed by atoms with E-state index in [0.29, 0.717) is 0 Å². The van der Waals surface area contributed by atoms with Gasteiger partial charge in [-0.25, -0.2) is 4.70 Å². The van der Waals surface area contributed by atoms with Crippen molar-refractivity contribution < 1.29 is 21.2 Å². The fraction of sp³-hybridized carbons (Fsp3) is 0.760. The molecule has 2 aromatic rings. The first kappa shape index (κ1) is 76.0. The SMILES string of the molecule is CCCCCC1=C(c2cccc(CCCC)c2)[N+](=[N-])C(c2cccc(CCCC)c2)=C1.[CH2-]CCCCCCCCCCCCCCCCCCCCCC.[CH2-]CCCCCCCCCCCCCCCCCCCCCC.[Ni+2]. The molecule has 0 spiro atoms. The van der Waals surface area contributed by atoms with Crippen LogP contribution in [-0.4, -0.2) is 4.70 Å². The van der Waals surface area contributed by atoms with Gasteiger partial charge in [-0.05, 0) is 73.9 Å². The van der Waals surface area contributed by atoms with Crippen LogP contribution in [0.5, 0.6) is 0 Å². The number of hydrogen-bond acceptors (Lipinski definition) is 0. The summed E-state index contributed by atoms with van der Waals surface area (Å²) in [6.07, 6.45) is 74.3. The van der Waals surface area contributed by atoms with Gasteiger partial charge in [-0.2, -0.15) is 12.8 Å². The topological polar surface area (TPSA) is 25.3 Å². The van der Waals surface area contributed by atoms with Crippen LogP contribution >= 0.6 is 0 Å². The zero-order valence-corrected chi connectivity index (χ0v) is 54.1. The third kappa shape index (κ3) is 43.7. The maximum Gasteiger partial charge on any atom is 2.00 e. The van der Waals surface area contributed by atoms with E-state index in [0.717, 1.165) is 61.0 Å². The summed E-state index contributed by atoms with van der Waals surface area (Å²) in [4.78, 5) is 0. The van der Waals surface area contributed by atoms with E-state index in [1.807, 2.05) is 0 Å².